The summed E-state index contributed by atoms with van der Waals surface area (Å²) in [6, 6.07) is 18.6. The van der Waals surface area contributed by atoms with Crippen molar-refractivity contribution in [3.05, 3.63) is 70.6 Å². The first-order valence-corrected chi connectivity index (χ1v) is 8.22. The molecule has 1 aliphatic heterocycles. The highest BCUT2D eigenvalue weighted by atomic mass is 16.1. The predicted octanol–water partition coefficient (Wildman–Crippen LogP) is 2.65. The predicted molar refractivity (Wildman–Crippen MR) is 92.8 cm³/mol. The molecule has 0 atom stereocenters. The zero-order chi connectivity index (χ0) is 15.7. The number of nitrogens with zero attached hydrogens (tertiary/aromatic N) is 1. The number of para-hydroxylation sites is 2. The molecule has 2 N–H and O–H groups in total. The average molecular weight is 307 g/mol. The number of aromatic amines is 1. The van der Waals surface area contributed by atoms with E-state index in [1.165, 1.54) is 5.56 Å². The van der Waals surface area contributed by atoms with Gasteiger partial charge in [-0.25, -0.2) is 4.79 Å². The molecule has 1 aliphatic rings. The van der Waals surface area contributed by atoms with Crippen LogP contribution in [0.2, 0.25) is 0 Å². The van der Waals surface area contributed by atoms with Crippen LogP contribution in [-0.4, -0.2) is 22.6 Å². The van der Waals surface area contributed by atoms with Gasteiger partial charge in [0.05, 0.1) is 11.0 Å². The minimum absolute atomic E-state index is 0.0139. The van der Waals surface area contributed by atoms with E-state index in [1.54, 1.807) is 0 Å². The molecule has 0 aliphatic carbocycles. The van der Waals surface area contributed by atoms with E-state index in [2.05, 4.69) is 40.6 Å². The van der Waals surface area contributed by atoms with Crippen molar-refractivity contribution >= 4 is 11.0 Å². The number of rotatable bonds is 3. The molecule has 1 saturated heterocycles. The third-order valence-corrected chi connectivity index (χ3v) is 5.09. The van der Waals surface area contributed by atoms with Gasteiger partial charge in [0.2, 0.25) is 0 Å². The van der Waals surface area contributed by atoms with Crippen molar-refractivity contribution in [1.82, 2.24) is 14.9 Å². The van der Waals surface area contributed by atoms with Gasteiger partial charge >= 0.3 is 5.69 Å². The summed E-state index contributed by atoms with van der Waals surface area (Å²) in [6.45, 7) is 2.71. The summed E-state index contributed by atoms with van der Waals surface area (Å²) in [7, 11) is 0. The van der Waals surface area contributed by atoms with Crippen molar-refractivity contribution in [2.24, 2.45) is 0 Å². The fraction of sp³-hybridized carbons (Fsp3) is 0.316. The van der Waals surface area contributed by atoms with Crippen LogP contribution in [0.15, 0.2) is 59.4 Å². The molecule has 0 amide bonds. The minimum atomic E-state index is -0.0139. The van der Waals surface area contributed by atoms with Gasteiger partial charge in [0.1, 0.15) is 0 Å². The van der Waals surface area contributed by atoms with E-state index in [9.17, 15) is 4.79 Å². The van der Waals surface area contributed by atoms with Gasteiger partial charge in [0, 0.05) is 12.0 Å². The van der Waals surface area contributed by atoms with E-state index in [-0.39, 0.29) is 11.1 Å². The highest BCUT2D eigenvalue weighted by Gasteiger charge is 2.35. The quantitative estimate of drug-likeness (QED) is 0.781. The van der Waals surface area contributed by atoms with Crippen LogP contribution in [0.25, 0.3) is 11.0 Å². The van der Waals surface area contributed by atoms with Crippen molar-refractivity contribution in [3.63, 3.8) is 0 Å². The molecule has 2 heterocycles. The van der Waals surface area contributed by atoms with Gasteiger partial charge in [0.25, 0.3) is 0 Å². The van der Waals surface area contributed by atoms with E-state index in [0.29, 0.717) is 0 Å². The average Bonchev–Trinajstić information content (AvgIpc) is 2.92. The molecule has 4 nitrogen and oxygen atoms in total. The maximum atomic E-state index is 12.5. The Morgan fingerprint density at radius 3 is 2.43 bits per heavy atom. The lowest BCUT2D eigenvalue weighted by Crippen LogP contribution is -2.44. The fourth-order valence-corrected chi connectivity index (χ4v) is 3.80. The van der Waals surface area contributed by atoms with E-state index in [1.807, 2.05) is 28.8 Å². The molecule has 1 fully saturated rings. The van der Waals surface area contributed by atoms with Gasteiger partial charge < -0.3 is 10.3 Å². The molecule has 23 heavy (non-hydrogen) atoms. The molecule has 0 saturated carbocycles. The van der Waals surface area contributed by atoms with Crippen molar-refractivity contribution in [3.8, 4) is 0 Å². The van der Waals surface area contributed by atoms with Crippen LogP contribution in [0, 0.1) is 0 Å². The van der Waals surface area contributed by atoms with Gasteiger partial charge in [-0.3, -0.25) is 4.57 Å². The maximum Gasteiger partial charge on any atom is 0.326 e. The van der Waals surface area contributed by atoms with Gasteiger partial charge in [-0.05, 0) is 43.6 Å². The van der Waals surface area contributed by atoms with E-state index in [4.69, 9.17) is 0 Å². The highest BCUT2D eigenvalue weighted by molar-refractivity contribution is 5.74. The van der Waals surface area contributed by atoms with Crippen LogP contribution in [0.1, 0.15) is 18.4 Å². The molecule has 3 aromatic rings. The standard InChI is InChI=1S/C19H21N3O/c23-18-21-16-8-4-5-9-17(16)22(18)14-19(10-12-20-13-11-19)15-6-2-1-3-7-15/h1-9,20H,10-14H2,(H,21,23). The Kier molecular flexibility index (Phi) is 3.54. The SMILES string of the molecule is O=c1[nH]c2ccccc2n1CC1(c2ccccc2)CCNCC1. The third-order valence-electron chi connectivity index (χ3n) is 5.09. The largest absolute Gasteiger partial charge is 0.326 e. The Labute approximate surface area is 135 Å². The van der Waals surface area contributed by atoms with Crippen LogP contribution < -0.4 is 11.0 Å². The lowest BCUT2D eigenvalue weighted by molar-refractivity contribution is 0.269. The molecule has 2 aromatic carbocycles. The highest BCUT2D eigenvalue weighted by Crippen LogP contribution is 2.35. The molecule has 118 valence electrons. The number of aromatic nitrogens is 2. The minimum Gasteiger partial charge on any atom is -0.317 e. The lowest BCUT2D eigenvalue weighted by Gasteiger charge is -2.38. The molecule has 0 unspecified atom stereocenters. The van der Waals surface area contributed by atoms with Gasteiger partial charge in [-0.2, -0.15) is 0 Å². The second-order valence-corrected chi connectivity index (χ2v) is 6.43. The fourth-order valence-electron chi connectivity index (χ4n) is 3.80. The Hall–Kier alpha value is -2.33. The summed E-state index contributed by atoms with van der Waals surface area (Å²) in [5.41, 5.74) is 3.24. The number of fused-ring (bicyclic) bond motifs is 1. The topological polar surface area (TPSA) is 49.8 Å². The summed E-state index contributed by atoms with van der Waals surface area (Å²) in [6.07, 6.45) is 2.09. The zero-order valence-corrected chi connectivity index (χ0v) is 13.1. The lowest BCUT2D eigenvalue weighted by atomic mass is 9.73. The molecular formula is C19H21N3O. The maximum absolute atomic E-state index is 12.5. The van der Waals surface area contributed by atoms with E-state index in [0.717, 1.165) is 43.5 Å². The summed E-state index contributed by atoms with van der Waals surface area (Å²) in [5.74, 6) is 0. The van der Waals surface area contributed by atoms with Crippen LogP contribution in [0.5, 0.6) is 0 Å². The first-order chi connectivity index (χ1) is 11.3. The van der Waals surface area contributed by atoms with Crippen LogP contribution in [0.3, 0.4) is 0 Å². The van der Waals surface area contributed by atoms with Gasteiger partial charge in [0.15, 0.2) is 0 Å². The molecule has 0 bridgehead atoms. The molecular weight excluding hydrogens is 286 g/mol. The summed E-state index contributed by atoms with van der Waals surface area (Å²) in [4.78, 5) is 15.5. The molecule has 1 aromatic heterocycles. The summed E-state index contributed by atoms with van der Waals surface area (Å²) >= 11 is 0. The van der Waals surface area contributed by atoms with Crippen molar-refractivity contribution in [2.45, 2.75) is 24.8 Å². The second-order valence-electron chi connectivity index (χ2n) is 6.43. The Balaban J connectivity index is 1.82. The van der Waals surface area contributed by atoms with Crippen molar-refractivity contribution < 1.29 is 0 Å². The zero-order valence-electron chi connectivity index (χ0n) is 13.1. The molecule has 0 radical (unpaired) electrons. The number of imidazole rings is 1. The summed E-state index contributed by atoms with van der Waals surface area (Å²) in [5, 5.41) is 3.45. The Morgan fingerprint density at radius 1 is 0.957 bits per heavy atom. The summed E-state index contributed by atoms with van der Waals surface area (Å²) < 4.78 is 1.91. The molecule has 4 rings (SSSR count). The smallest absolute Gasteiger partial charge is 0.317 e. The number of nitrogens with one attached hydrogen (secondary N) is 2. The Morgan fingerprint density at radius 2 is 1.65 bits per heavy atom. The number of benzene rings is 2. The monoisotopic (exact) mass is 307 g/mol. The first kappa shape index (κ1) is 14.3. The van der Waals surface area contributed by atoms with Crippen molar-refractivity contribution in [1.29, 1.82) is 0 Å². The second kappa shape index (κ2) is 5.70. The van der Waals surface area contributed by atoms with E-state index >= 15 is 0 Å². The number of hydrogen-bond acceptors (Lipinski definition) is 2. The van der Waals surface area contributed by atoms with Crippen LogP contribution in [-0.2, 0) is 12.0 Å². The molecule has 0 spiro atoms. The van der Waals surface area contributed by atoms with Gasteiger partial charge in [-0.1, -0.05) is 42.5 Å². The number of hydrogen-bond donors (Lipinski definition) is 2. The number of H-pyrrole nitrogens is 1. The van der Waals surface area contributed by atoms with E-state index < -0.39 is 0 Å². The Bertz CT molecular complexity index is 857. The van der Waals surface area contributed by atoms with Gasteiger partial charge in [-0.15, -0.1) is 0 Å². The number of piperidine rings is 1. The normalized spacial score (nSPS) is 17.4. The first-order valence-electron chi connectivity index (χ1n) is 8.22. The van der Waals surface area contributed by atoms with Crippen molar-refractivity contribution in [2.75, 3.05) is 13.1 Å². The third kappa shape index (κ3) is 2.49. The van der Waals surface area contributed by atoms with Crippen LogP contribution in [0.4, 0.5) is 0 Å². The van der Waals surface area contributed by atoms with Crippen LogP contribution >= 0.6 is 0 Å². The molecule has 4 heteroatoms.